The van der Waals surface area contributed by atoms with Crippen LogP contribution in [0.2, 0.25) is 0 Å². The summed E-state index contributed by atoms with van der Waals surface area (Å²) in [6.07, 6.45) is 0.390. The molecule has 0 saturated carbocycles. The van der Waals surface area contributed by atoms with Crippen molar-refractivity contribution in [2.75, 3.05) is 37.0 Å². The summed E-state index contributed by atoms with van der Waals surface area (Å²) in [5.41, 5.74) is 2.61. The number of fused-ring (bicyclic) bond motifs is 2. The van der Waals surface area contributed by atoms with Crippen LogP contribution < -0.4 is 15.0 Å². The lowest BCUT2D eigenvalue weighted by atomic mass is 10.1. The van der Waals surface area contributed by atoms with E-state index in [2.05, 4.69) is 5.32 Å². The van der Waals surface area contributed by atoms with Crippen molar-refractivity contribution in [3.63, 3.8) is 0 Å². The topological polar surface area (TPSA) is 105 Å². The van der Waals surface area contributed by atoms with E-state index < -0.39 is 4.92 Å². The molecule has 2 heterocycles. The van der Waals surface area contributed by atoms with E-state index in [1.54, 1.807) is 23.1 Å². The number of carbonyl (C=O) groups is 2. The maximum absolute atomic E-state index is 13.1. The highest BCUT2D eigenvalue weighted by molar-refractivity contribution is 6.01. The Morgan fingerprint density at radius 1 is 1.21 bits per heavy atom. The van der Waals surface area contributed by atoms with Crippen LogP contribution in [0.5, 0.6) is 5.75 Å². The Morgan fingerprint density at radius 2 is 2.03 bits per heavy atom. The zero-order valence-corrected chi connectivity index (χ0v) is 15.9. The summed E-state index contributed by atoms with van der Waals surface area (Å²) in [7, 11) is 1.91. The highest BCUT2D eigenvalue weighted by Gasteiger charge is 2.24. The van der Waals surface area contributed by atoms with Crippen molar-refractivity contribution >= 4 is 28.9 Å². The summed E-state index contributed by atoms with van der Waals surface area (Å²) in [5, 5.41) is 13.8. The average molecular weight is 396 g/mol. The van der Waals surface area contributed by atoms with Crippen LogP contribution in [0, 0.1) is 10.1 Å². The van der Waals surface area contributed by atoms with E-state index >= 15 is 0 Å². The molecule has 29 heavy (non-hydrogen) atoms. The number of anilines is 2. The minimum atomic E-state index is -0.474. The van der Waals surface area contributed by atoms with Crippen molar-refractivity contribution in [1.29, 1.82) is 0 Å². The second kappa shape index (κ2) is 7.42. The number of hydrogen-bond donors (Lipinski definition) is 1. The monoisotopic (exact) mass is 396 g/mol. The fourth-order valence-electron chi connectivity index (χ4n) is 3.53. The normalized spacial score (nSPS) is 16.0. The van der Waals surface area contributed by atoms with E-state index in [1.807, 2.05) is 18.0 Å². The van der Waals surface area contributed by atoms with Gasteiger partial charge in [-0.15, -0.1) is 0 Å². The van der Waals surface area contributed by atoms with E-state index in [0.29, 0.717) is 42.1 Å². The SMILES string of the molecule is CN1CCC(=O)Nc2cc(C(=O)N3CCOc4cc([N+](=O)[O-])ccc4C3)ccc21. The first kappa shape index (κ1) is 18.7. The molecule has 2 aliphatic heterocycles. The van der Waals surface area contributed by atoms with Gasteiger partial charge in [-0.1, -0.05) is 0 Å². The van der Waals surface area contributed by atoms with Crippen molar-refractivity contribution in [3.05, 3.63) is 57.6 Å². The van der Waals surface area contributed by atoms with Crippen molar-refractivity contribution in [3.8, 4) is 5.75 Å². The fraction of sp³-hybridized carbons (Fsp3) is 0.300. The minimum absolute atomic E-state index is 0.0471. The molecule has 0 fully saturated rings. The van der Waals surface area contributed by atoms with E-state index in [-0.39, 0.29) is 30.7 Å². The third kappa shape index (κ3) is 3.71. The van der Waals surface area contributed by atoms with Gasteiger partial charge in [-0.2, -0.15) is 0 Å². The Hall–Kier alpha value is -3.62. The van der Waals surface area contributed by atoms with Crippen LogP contribution in [-0.4, -0.2) is 48.4 Å². The largest absolute Gasteiger partial charge is 0.491 e. The molecule has 0 unspecified atom stereocenters. The average Bonchev–Trinajstić information content (AvgIpc) is 3.00. The lowest BCUT2D eigenvalue weighted by molar-refractivity contribution is -0.384. The van der Waals surface area contributed by atoms with E-state index in [1.165, 1.54) is 12.1 Å². The molecule has 2 amide bonds. The van der Waals surface area contributed by atoms with E-state index in [9.17, 15) is 19.7 Å². The predicted molar refractivity (Wildman–Crippen MR) is 106 cm³/mol. The molecule has 9 heteroatoms. The quantitative estimate of drug-likeness (QED) is 0.617. The molecule has 0 saturated heterocycles. The number of carbonyl (C=O) groups excluding carboxylic acids is 2. The molecule has 0 aliphatic carbocycles. The fourth-order valence-corrected chi connectivity index (χ4v) is 3.53. The standard InChI is InChI=1S/C20H20N4O5/c1-22-7-6-19(25)21-16-10-13(3-5-17(16)22)20(26)23-8-9-29-18-11-15(24(27)28)4-2-14(18)12-23/h2-5,10-11H,6-9,12H2,1H3,(H,21,25). The third-order valence-corrected chi connectivity index (χ3v) is 5.13. The first-order valence-electron chi connectivity index (χ1n) is 9.27. The van der Waals surface area contributed by atoms with Gasteiger partial charge in [0.1, 0.15) is 12.4 Å². The maximum Gasteiger partial charge on any atom is 0.273 e. The second-order valence-corrected chi connectivity index (χ2v) is 7.08. The summed E-state index contributed by atoms with van der Waals surface area (Å²) in [6.45, 7) is 1.49. The lowest BCUT2D eigenvalue weighted by Crippen LogP contribution is -2.32. The number of hydrogen-bond acceptors (Lipinski definition) is 6. The molecule has 1 N–H and O–H groups in total. The van der Waals surface area contributed by atoms with Gasteiger partial charge in [-0.05, 0) is 24.3 Å². The number of benzene rings is 2. The molecule has 2 aliphatic rings. The third-order valence-electron chi connectivity index (χ3n) is 5.13. The minimum Gasteiger partial charge on any atom is -0.491 e. The Bertz CT molecular complexity index is 1010. The van der Waals surface area contributed by atoms with Crippen LogP contribution in [0.4, 0.5) is 17.1 Å². The summed E-state index contributed by atoms with van der Waals surface area (Å²) in [4.78, 5) is 39.2. The molecule has 0 spiro atoms. The molecular formula is C20H20N4O5. The first-order valence-corrected chi connectivity index (χ1v) is 9.27. The Labute approximate surface area is 167 Å². The summed E-state index contributed by atoms with van der Waals surface area (Å²) in [5.74, 6) is 0.146. The van der Waals surface area contributed by atoms with Crippen LogP contribution in [0.1, 0.15) is 22.3 Å². The van der Waals surface area contributed by atoms with Crippen LogP contribution in [0.3, 0.4) is 0 Å². The van der Waals surface area contributed by atoms with Crippen molar-refractivity contribution in [2.45, 2.75) is 13.0 Å². The number of nitro groups is 1. The van der Waals surface area contributed by atoms with Gasteiger partial charge in [0.2, 0.25) is 5.91 Å². The smallest absolute Gasteiger partial charge is 0.273 e. The van der Waals surface area contributed by atoms with Gasteiger partial charge in [0.25, 0.3) is 11.6 Å². The molecule has 0 radical (unpaired) electrons. The summed E-state index contributed by atoms with van der Waals surface area (Å²) >= 11 is 0. The van der Waals surface area contributed by atoms with Crippen molar-refractivity contribution < 1.29 is 19.2 Å². The van der Waals surface area contributed by atoms with Gasteiger partial charge >= 0.3 is 0 Å². The molecule has 2 aromatic rings. The molecule has 2 aromatic carbocycles. The van der Waals surface area contributed by atoms with Gasteiger partial charge in [0, 0.05) is 43.8 Å². The zero-order valence-electron chi connectivity index (χ0n) is 15.9. The molecule has 0 aromatic heterocycles. The first-order chi connectivity index (χ1) is 13.9. The molecule has 4 rings (SSSR count). The number of nitrogens with one attached hydrogen (secondary N) is 1. The Kier molecular flexibility index (Phi) is 4.79. The van der Waals surface area contributed by atoms with Gasteiger partial charge < -0.3 is 19.9 Å². The van der Waals surface area contributed by atoms with Crippen LogP contribution in [0.15, 0.2) is 36.4 Å². The van der Waals surface area contributed by atoms with Crippen LogP contribution in [-0.2, 0) is 11.3 Å². The molecular weight excluding hydrogens is 376 g/mol. The van der Waals surface area contributed by atoms with E-state index in [0.717, 1.165) is 5.69 Å². The summed E-state index contributed by atoms with van der Waals surface area (Å²) < 4.78 is 5.63. The second-order valence-electron chi connectivity index (χ2n) is 7.08. The highest BCUT2D eigenvalue weighted by Crippen LogP contribution is 2.31. The number of nitro benzene ring substituents is 1. The van der Waals surface area contributed by atoms with Gasteiger partial charge in [-0.25, -0.2) is 0 Å². The summed E-state index contributed by atoms with van der Waals surface area (Å²) in [6, 6.07) is 9.68. The number of non-ortho nitro benzene ring substituents is 1. The van der Waals surface area contributed by atoms with E-state index in [4.69, 9.17) is 4.74 Å². The zero-order chi connectivity index (χ0) is 20.5. The highest BCUT2D eigenvalue weighted by atomic mass is 16.6. The van der Waals surface area contributed by atoms with Crippen LogP contribution >= 0.6 is 0 Å². The van der Waals surface area contributed by atoms with Crippen molar-refractivity contribution in [1.82, 2.24) is 4.90 Å². The number of nitrogens with zero attached hydrogens (tertiary/aromatic N) is 3. The predicted octanol–water partition coefficient (Wildman–Crippen LogP) is 2.41. The van der Waals surface area contributed by atoms with Gasteiger partial charge in [0.05, 0.1) is 28.9 Å². The molecule has 9 nitrogen and oxygen atoms in total. The molecule has 150 valence electrons. The number of rotatable bonds is 2. The molecule has 0 atom stereocenters. The Morgan fingerprint density at radius 3 is 2.83 bits per heavy atom. The van der Waals surface area contributed by atoms with Gasteiger partial charge in [-0.3, -0.25) is 19.7 Å². The number of amides is 2. The number of ether oxygens (including phenoxy) is 1. The maximum atomic E-state index is 13.1. The van der Waals surface area contributed by atoms with Crippen molar-refractivity contribution in [2.24, 2.45) is 0 Å². The lowest BCUT2D eigenvalue weighted by Gasteiger charge is -2.22. The van der Waals surface area contributed by atoms with Gasteiger partial charge in [0.15, 0.2) is 0 Å². The Balaban J connectivity index is 1.60. The molecule has 0 bridgehead atoms. The van der Waals surface area contributed by atoms with Crippen LogP contribution in [0.25, 0.3) is 0 Å².